The van der Waals surface area contributed by atoms with Gasteiger partial charge in [-0.2, -0.15) is 0 Å². The maximum Gasteiger partial charge on any atom is 0.164 e. The molecule has 21 heavy (non-hydrogen) atoms. The molecular weight excluding hydrogens is 270 g/mol. The van der Waals surface area contributed by atoms with E-state index in [0.29, 0.717) is 5.75 Å². The lowest BCUT2D eigenvalue weighted by atomic mass is 10.1. The highest BCUT2D eigenvalue weighted by Crippen LogP contribution is 2.35. The molecule has 0 unspecified atom stereocenters. The van der Waals surface area contributed by atoms with E-state index in [-0.39, 0.29) is 0 Å². The fraction of sp³-hybridized carbons (Fsp3) is 0.625. The van der Waals surface area contributed by atoms with Crippen LogP contribution in [0.4, 0.5) is 0 Å². The van der Waals surface area contributed by atoms with Crippen LogP contribution in [0.2, 0.25) is 0 Å². The van der Waals surface area contributed by atoms with Gasteiger partial charge in [-0.25, -0.2) is 0 Å². The molecule has 0 radical (unpaired) electrons. The van der Waals surface area contributed by atoms with Crippen molar-refractivity contribution in [3.8, 4) is 17.2 Å². The molecule has 0 atom stereocenters. The molecule has 1 aromatic carbocycles. The molecule has 0 amide bonds. The van der Waals surface area contributed by atoms with Crippen LogP contribution in [0.1, 0.15) is 18.4 Å². The van der Waals surface area contributed by atoms with Gasteiger partial charge in [-0.1, -0.05) is 0 Å². The van der Waals surface area contributed by atoms with Gasteiger partial charge in [-0.05, 0) is 37.4 Å². The van der Waals surface area contributed by atoms with Crippen LogP contribution in [0.5, 0.6) is 17.2 Å². The highest BCUT2D eigenvalue weighted by molar-refractivity contribution is 5.50. The van der Waals surface area contributed by atoms with Gasteiger partial charge in [0.05, 0.1) is 27.9 Å². The maximum atomic E-state index is 5.43. The third kappa shape index (κ3) is 5.81. The summed E-state index contributed by atoms with van der Waals surface area (Å²) in [4.78, 5) is 0. The van der Waals surface area contributed by atoms with E-state index in [0.717, 1.165) is 56.0 Å². The van der Waals surface area contributed by atoms with Crippen molar-refractivity contribution in [2.45, 2.75) is 19.3 Å². The molecular formula is C16H27NO4. The van der Waals surface area contributed by atoms with Crippen LogP contribution in [-0.2, 0) is 11.2 Å². The Morgan fingerprint density at radius 3 is 2.10 bits per heavy atom. The van der Waals surface area contributed by atoms with Crippen LogP contribution in [0.25, 0.3) is 0 Å². The summed E-state index contributed by atoms with van der Waals surface area (Å²) in [7, 11) is 6.67. The Balaban J connectivity index is 2.49. The standard InChI is InChI=1S/C16H27NO4/c1-18-10-9-17-8-6-5-7-13-11-15(20-3)16(21-4)12-14(13)19-2/h11-12,17H,5-10H2,1-4H3. The quantitative estimate of drug-likeness (QED) is 0.635. The summed E-state index contributed by atoms with van der Waals surface area (Å²) in [6.45, 7) is 2.65. The Bertz CT molecular complexity index is 410. The summed E-state index contributed by atoms with van der Waals surface area (Å²) in [6, 6.07) is 3.88. The number of hydrogen-bond donors (Lipinski definition) is 1. The monoisotopic (exact) mass is 297 g/mol. The van der Waals surface area contributed by atoms with Gasteiger partial charge >= 0.3 is 0 Å². The first kappa shape index (κ1) is 17.6. The number of nitrogens with one attached hydrogen (secondary N) is 1. The second kappa shape index (κ2) is 10.3. The molecule has 0 aliphatic carbocycles. The summed E-state index contributed by atoms with van der Waals surface area (Å²) < 4.78 is 21.0. The van der Waals surface area contributed by atoms with Crippen molar-refractivity contribution in [2.75, 3.05) is 48.1 Å². The van der Waals surface area contributed by atoms with Gasteiger partial charge in [-0.3, -0.25) is 0 Å². The predicted molar refractivity (Wildman–Crippen MR) is 83.8 cm³/mol. The van der Waals surface area contributed by atoms with Crippen molar-refractivity contribution in [1.82, 2.24) is 5.32 Å². The van der Waals surface area contributed by atoms with Crippen LogP contribution in [0, 0.1) is 0 Å². The Morgan fingerprint density at radius 1 is 0.810 bits per heavy atom. The first-order valence-corrected chi connectivity index (χ1v) is 7.25. The summed E-state index contributed by atoms with van der Waals surface area (Å²) in [5.41, 5.74) is 1.15. The lowest BCUT2D eigenvalue weighted by Crippen LogP contribution is -2.20. The van der Waals surface area contributed by atoms with Crippen molar-refractivity contribution < 1.29 is 18.9 Å². The van der Waals surface area contributed by atoms with E-state index < -0.39 is 0 Å². The molecule has 1 rings (SSSR count). The molecule has 0 aliphatic rings. The Morgan fingerprint density at radius 2 is 1.48 bits per heavy atom. The van der Waals surface area contributed by atoms with Crippen LogP contribution in [0.15, 0.2) is 12.1 Å². The largest absolute Gasteiger partial charge is 0.496 e. The lowest BCUT2D eigenvalue weighted by molar-refractivity contribution is 0.199. The maximum absolute atomic E-state index is 5.43. The van der Waals surface area contributed by atoms with Crippen LogP contribution >= 0.6 is 0 Å². The third-order valence-corrected chi connectivity index (χ3v) is 3.32. The zero-order chi connectivity index (χ0) is 15.5. The Hall–Kier alpha value is -1.46. The summed E-state index contributed by atoms with van der Waals surface area (Å²) in [6.07, 6.45) is 3.16. The molecule has 0 bridgehead atoms. The van der Waals surface area contributed by atoms with E-state index in [1.807, 2.05) is 12.1 Å². The van der Waals surface area contributed by atoms with E-state index in [9.17, 15) is 0 Å². The fourth-order valence-corrected chi connectivity index (χ4v) is 2.15. The molecule has 1 aromatic rings. The van der Waals surface area contributed by atoms with Crippen molar-refractivity contribution in [3.05, 3.63) is 17.7 Å². The number of methoxy groups -OCH3 is 4. The second-order valence-corrected chi connectivity index (χ2v) is 4.72. The molecule has 1 N–H and O–H groups in total. The third-order valence-electron chi connectivity index (χ3n) is 3.32. The first-order valence-electron chi connectivity index (χ1n) is 7.25. The molecule has 5 heteroatoms. The van der Waals surface area contributed by atoms with Crippen molar-refractivity contribution in [2.24, 2.45) is 0 Å². The number of hydrogen-bond acceptors (Lipinski definition) is 5. The van der Waals surface area contributed by atoms with Gasteiger partial charge in [0.15, 0.2) is 11.5 Å². The van der Waals surface area contributed by atoms with Crippen molar-refractivity contribution in [1.29, 1.82) is 0 Å². The first-order chi connectivity index (χ1) is 10.3. The van der Waals surface area contributed by atoms with Gasteiger partial charge < -0.3 is 24.3 Å². The molecule has 0 heterocycles. The van der Waals surface area contributed by atoms with Crippen molar-refractivity contribution in [3.63, 3.8) is 0 Å². The predicted octanol–water partition coefficient (Wildman–Crippen LogP) is 2.27. The van der Waals surface area contributed by atoms with Gasteiger partial charge in [-0.15, -0.1) is 0 Å². The Kier molecular flexibility index (Phi) is 8.62. The number of benzene rings is 1. The zero-order valence-corrected chi connectivity index (χ0v) is 13.5. The molecule has 0 aliphatic heterocycles. The van der Waals surface area contributed by atoms with E-state index in [2.05, 4.69) is 5.32 Å². The summed E-state index contributed by atoms with van der Waals surface area (Å²) >= 11 is 0. The summed E-state index contributed by atoms with van der Waals surface area (Å²) in [5.74, 6) is 2.28. The van der Waals surface area contributed by atoms with Gasteiger partial charge in [0.2, 0.25) is 0 Å². The normalized spacial score (nSPS) is 10.5. The highest BCUT2D eigenvalue weighted by Gasteiger charge is 2.11. The number of aryl methyl sites for hydroxylation is 1. The Labute approximate surface area is 127 Å². The van der Waals surface area contributed by atoms with Crippen molar-refractivity contribution >= 4 is 0 Å². The van der Waals surface area contributed by atoms with Crippen LogP contribution in [0.3, 0.4) is 0 Å². The van der Waals surface area contributed by atoms with Crippen LogP contribution < -0.4 is 19.5 Å². The second-order valence-electron chi connectivity index (χ2n) is 4.72. The average molecular weight is 297 g/mol. The highest BCUT2D eigenvalue weighted by atomic mass is 16.5. The summed E-state index contributed by atoms with van der Waals surface area (Å²) in [5, 5.41) is 3.34. The van der Waals surface area contributed by atoms with Crippen LogP contribution in [-0.4, -0.2) is 48.1 Å². The van der Waals surface area contributed by atoms with E-state index in [1.165, 1.54) is 0 Å². The minimum Gasteiger partial charge on any atom is -0.496 e. The lowest BCUT2D eigenvalue weighted by Gasteiger charge is -2.14. The zero-order valence-electron chi connectivity index (χ0n) is 13.5. The van der Waals surface area contributed by atoms with E-state index >= 15 is 0 Å². The fourth-order valence-electron chi connectivity index (χ4n) is 2.15. The number of unbranched alkanes of at least 4 members (excludes halogenated alkanes) is 1. The number of rotatable bonds is 11. The molecule has 0 saturated heterocycles. The molecule has 0 spiro atoms. The molecule has 120 valence electrons. The average Bonchev–Trinajstić information content (AvgIpc) is 2.53. The molecule has 0 fully saturated rings. The van der Waals surface area contributed by atoms with E-state index in [4.69, 9.17) is 18.9 Å². The smallest absolute Gasteiger partial charge is 0.164 e. The molecule has 0 saturated carbocycles. The van der Waals surface area contributed by atoms with Gasteiger partial charge in [0.1, 0.15) is 5.75 Å². The topological polar surface area (TPSA) is 49.0 Å². The van der Waals surface area contributed by atoms with Gasteiger partial charge in [0, 0.05) is 19.7 Å². The number of ether oxygens (including phenoxy) is 4. The minimum absolute atomic E-state index is 0.694. The molecule has 0 aromatic heterocycles. The molecule has 5 nitrogen and oxygen atoms in total. The van der Waals surface area contributed by atoms with E-state index in [1.54, 1.807) is 28.4 Å². The SMILES string of the molecule is COCCNCCCCc1cc(OC)c(OC)cc1OC. The minimum atomic E-state index is 0.694. The van der Waals surface area contributed by atoms with Gasteiger partial charge in [0.25, 0.3) is 0 Å².